The van der Waals surface area contributed by atoms with Crippen LogP contribution in [0.3, 0.4) is 0 Å². The van der Waals surface area contributed by atoms with Gasteiger partial charge in [0.15, 0.2) is 5.04 Å². The van der Waals surface area contributed by atoms with Crippen LogP contribution in [0.15, 0.2) is 4.99 Å². The number of rotatable bonds is 7. The molecule has 0 spiro atoms. The molecule has 3 atom stereocenters. The predicted octanol–water partition coefficient (Wildman–Crippen LogP) is -0.227. The van der Waals surface area contributed by atoms with Crippen LogP contribution in [-0.2, 0) is 23.9 Å². The molecule has 166 valence electrons. The molecule has 0 aromatic rings. The third-order valence-corrected chi connectivity index (χ3v) is 4.19. The maximum Gasteiger partial charge on any atom is 0.408 e. The Morgan fingerprint density at radius 2 is 1.69 bits per heavy atom. The van der Waals surface area contributed by atoms with E-state index in [4.69, 9.17) is 4.74 Å². The van der Waals surface area contributed by atoms with Crippen molar-refractivity contribution in [2.45, 2.75) is 57.7 Å². The number of aliphatic hydroxyl groups is 1. The molecule has 29 heavy (non-hydrogen) atoms. The van der Waals surface area contributed by atoms with E-state index in [9.17, 15) is 24.3 Å². The molecule has 1 unspecified atom stereocenters. The minimum absolute atomic E-state index is 0.0270. The lowest BCUT2D eigenvalue weighted by molar-refractivity contribution is -0.144. The maximum atomic E-state index is 12.4. The molecule has 0 aromatic carbocycles. The highest BCUT2D eigenvalue weighted by molar-refractivity contribution is 8.16. The normalized spacial score (nSPS) is 14.8. The van der Waals surface area contributed by atoms with Crippen molar-refractivity contribution in [2.24, 2.45) is 4.99 Å². The first kappa shape index (κ1) is 26.7. The molecular formula is C17H30N4O7S. The Balaban J connectivity index is 4.85. The van der Waals surface area contributed by atoms with E-state index in [1.165, 1.54) is 21.1 Å². The highest BCUT2D eigenvalue weighted by Gasteiger charge is 2.27. The topological polar surface area (TPSA) is 155 Å². The average Bonchev–Trinajstić information content (AvgIpc) is 2.60. The number of aliphatic imine (C=N–C) groups is 1. The number of esters is 1. The summed E-state index contributed by atoms with van der Waals surface area (Å²) in [6.45, 7) is 7.49. The molecular weight excluding hydrogens is 404 g/mol. The summed E-state index contributed by atoms with van der Waals surface area (Å²) in [7, 11) is 2.54. The summed E-state index contributed by atoms with van der Waals surface area (Å²) in [5.74, 6) is -2.16. The minimum Gasteiger partial charge on any atom is -0.467 e. The number of aliphatic hydroxyl groups excluding tert-OH is 1. The van der Waals surface area contributed by atoms with Crippen LogP contribution in [0.1, 0.15) is 34.6 Å². The Morgan fingerprint density at radius 1 is 1.10 bits per heavy atom. The first-order chi connectivity index (χ1) is 13.3. The second-order valence-corrected chi connectivity index (χ2v) is 8.23. The number of methoxy groups -OCH3 is 1. The van der Waals surface area contributed by atoms with Gasteiger partial charge in [-0.25, -0.2) is 9.59 Å². The third kappa shape index (κ3) is 10.7. The SMILES string of the molecule is CN=C(SC(C)NC(=O)OC(C)(C)C)C(=O)N[C@@H](CO)C(=O)N[C@@H](C)C(=O)OC. The maximum absolute atomic E-state index is 12.4. The first-order valence-corrected chi connectivity index (χ1v) is 9.65. The van der Waals surface area contributed by atoms with Gasteiger partial charge in [-0.05, 0) is 34.6 Å². The van der Waals surface area contributed by atoms with Gasteiger partial charge in [0.05, 0.1) is 19.1 Å². The van der Waals surface area contributed by atoms with Crippen molar-refractivity contribution in [3.8, 4) is 0 Å². The molecule has 3 amide bonds. The lowest BCUT2D eigenvalue weighted by atomic mass is 10.2. The summed E-state index contributed by atoms with van der Waals surface area (Å²) < 4.78 is 9.63. The molecule has 0 rings (SSSR count). The molecule has 0 aliphatic carbocycles. The zero-order valence-corrected chi connectivity index (χ0v) is 18.5. The van der Waals surface area contributed by atoms with Crippen LogP contribution in [0, 0.1) is 0 Å². The number of hydrogen-bond donors (Lipinski definition) is 4. The van der Waals surface area contributed by atoms with Crippen LogP contribution < -0.4 is 16.0 Å². The fourth-order valence-electron chi connectivity index (χ4n) is 1.84. The summed E-state index contributed by atoms with van der Waals surface area (Å²) >= 11 is 0.932. The van der Waals surface area contributed by atoms with Crippen molar-refractivity contribution in [2.75, 3.05) is 20.8 Å². The van der Waals surface area contributed by atoms with Crippen LogP contribution in [-0.4, -0.2) is 77.9 Å². The van der Waals surface area contributed by atoms with Crippen molar-refractivity contribution in [3.05, 3.63) is 0 Å². The smallest absolute Gasteiger partial charge is 0.408 e. The van der Waals surface area contributed by atoms with Gasteiger partial charge in [0, 0.05) is 7.05 Å². The predicted molar refractivity (Wildman–Crippen MR) is 108 cm³/mol. The largest absolute Gasteiger partial charge is 0.467 e. The second-order valence-electron chi connectivity index (χ2n) is 6.90. The number of thioether (sulfide) groups is 1. The van der Waals surface area contributed by atoms with Gasteiger partial charge in [-0.1, -0.05) is 11.8 Å². The number of carbonyl (C=O) groups excluding carboxylic acids is 4. The molecule has 0 aliphatic rings. The van der Waals surface area contributed by atoms with Crippen LogP contribution in [0.2, 0.25) is 0 Å². The lowest BCUT2D eigenvalue weighted by Crippen LogP contribution is -2.53. The van der Waals surface area contributed by atoms with Gasteiger partial charge in [0.1, 0.15) is 17.7 Å². The third-order valence-electron chi connectivity index (χ3n) is 3.12. The highest BCUT2D eigenvalue weighted by atomic mass is 32.2. The van der Waals surface area contributed by atoms with Gasteiger partial charge < -0.3 is 30.5 Å². The number of alkyl carbamates (subject to hydrolysis) is 1. The molecule has 0 bridgehead atoms. The Bertz CT molecular complexity index is 634. The summed E-state index contributed by atoms with van der Waals surface area (Å²) in [5.41, 5.74) is -0.670. The number of nitrogens with zero attached hydrogens (tertiary/aromatic N) is 1. The molecule has 0 aliphatic heterocycles. The zero-order valence-electron chi connectivity index (χ0n) is 17.7. The van der Waals surface area contributed by atoms with Crippen molar-refractivity contribution >= 4 is 40.7 Å². The molecule has 0 heterocycles. The average molecular weight is 435 g/mol. The van der Waals surface area contributed by atoms with Gasteiger partial charge in [-0.3, -0.25) is 14.6 Å². The Labute approximate surface area is 174 Å². The first-order valence-electron chi connectivity index (χ1n) is 8.77. The van der Waals surface area contributed by atoms with Crippen molar-refractivity contribution in [3.63, 3.8) is 0 Å². The lowest BCUT2D eigenvalue weighted by Gasteiger charge is -2.22. The highest BCUT2D eigenvalue weighted by Crippen LogP contribution is 2.13. The van der Waals surface area contributed by atoms with Crippen LogP contribution in [0.25, 0.3) is 0 Å². The standard InChI is InChI=1S/C17H30N4O7S/c1-9(15(25)27-7)19-12(23)11(8-22)21-13(24)14(18-6)29-10(2)20-16(26)28-17(3,4)5/h9-11,22H,8H2,1-7H3,(H,19,23)(H,20,26)(H,21,24)/t9-,10?,11-/m0/s1. The van der Waals surface area contributed by atoms with Gasteiger partial charge in [-0.2, -0.15) is 0 Å². The number of hydrogen-bond acceptors (Lipinski definition) is 9. The van der Waals surface area contributed by atoms with Gasteiger partial charge in [0.2, 0.25) is 5.91 Å². The Hall–Kier alpha value is -2.34. The molecule has 12 heteroatoms. The van der Waals surface area contributed by atoms with E-state index in [0.29, 0.717) is 0 Å². The van der Waals surface area contributed by atoms with E-state index in [0.717, 1.165) is 11.8 Å². The summed E-state index contributed by atoms with van der Waals surface area (Å²) in [4.78, 5) is 51.5. The van der Waals surface area contributed by atoms with E-state index in [-0.39, 0.29) is 5.04 Å². The van der Waals surface area contributed by atoms with E-state index in [2.05, 4.69) is 25.7 Å². The molecule has 11 nitrogen and oxygen atoms in total. The van der Waals surface area contributed by atoms with Crippen molar-refractivity contribution in [1.82, 2.24) is 16.0 Å². The van der Waals surface area contributed by atoms with E-state index < -0.39 is 53.5 Å². The summed E-state index contributed by atoms with van der Waals surface area (Å²) in [6.07, 6.45) is -0.655. The van der Waals surface area contributed by atoms with Crippen LogP contribution in [0.4, 0.5) is 4.79 Å². The fourth-order valence-corrected chi connectivity index (χ4v) is 2.60. The molecule has 0 fully saturated rings. The number of carbonyl (C=O) groups is 4. The second kappa shape index (κ2) is 12.3. The van der Waals surface area contributed by atoms with E-state index >= 15 is 0 Å². The molecule has 0 saturated heterocycles. The molecule has 0 radical (unpaired) electrons. The van der Waals surface area contributed by atoms with Crippen molar-refractivity contribution in [1.29, 1.82) is 0 Å². The van der Waals surface area contributed by atoms with Gasteiger partial charge in [-0.15, -0.1) is 0 Å². The van der Waals surface area contributed by atoms with Crippen LogP contribution >= 0.6 is 11.8 Å². The number of amides is 3. The number of nitrogens with one attached hydrogen (secondary N) is 3. The molecule has 0 aromatic heterocycles. The Kier molecular flexibility index (Phi) is 11.3. The minimum atomic E-state index is -1.30. The van der Waals surface area contributed by atoms with E-state index in [1.807, 2.05) is 0 Å². The van der Waals surface area contributed by atoms with Gasteiger partial charge >= 0.3 is 12.1 Å². The Morgan fingerprint density at radius 3 is 2.14 bits per heavy atom. The molecule has 4 N–H and O–H groups in total. The monoisotopic (exact) mass is 434 g/mol. The van der Waals surface area contributed by atoms with Crippen molar-refractivity contribution < 1.29 is 33.8 Å². The van der Waals surface area contributed by atoms with E-state index in [1.54, 1.807) is 27.7 Å². The molecule has 0 saturated carbocycles. The van der Waals surface area contributed by atoms with Crippen LogP contribution in [0.5, 0.6) is 0 Å². The quantitative estimate of drug-likeness (QED) is 0.185. The summed E-state index contributed by atoms with van der Waals surface area (Å²) in [6, 6.07) is -2.26. The fraction of sp³-hybridized carbons (Fsp3) is 0.706. The number of ether oxygens (including phenoxy) is 2. The zero-order chi connectivity index (χ0) is 22.8. The summed E-state index contributed by atoms with van der Waals surface area (Å²) in [5, 5.41) is 16.0. The van der Waals surface area contributed by atoms with Gasteiger partial charge in [0.25, 0.3) is 5.91 Å².